The number of nitrogens with one attached hydrogen (secondary N) is 2. The maximum Gasteiger partial charge on any atom is 0.277 e. The predicted octanol–water partition coefficient (Wildman–Crippen LogP) is 0.254. The Balaban J connectivity index is 2.75. The smallest absolute Gasteiger partial charge is 0.277 e. The maximum atomic E-state index is 13.7. The Bertz CT molecular complexity index is 589. The average molecular weight is 304 g/mol. The molecule has 5 N–H and O–H groups in total. The van der Waals surface area contributed by atoms with Crippen LogP contribution in [0.15, 0.2) is 23.4 Å². The summed E-state index contributed by atoms with van der Waals surface area (Å²) in [7, 11) is -3.64. The molecule has 0 saturated carbocycles. The third-order valence-electron chi connectivity index (χ3n) is 2.45. The van der Waals surface area contributed by atoms with Crippen LogP contribution in [0.3, 0.4) is 0 Å². The number of halogens is 1. The van der Waals surface area contributed by atoms with Gasteiger partial charge in [-0.3, -0.25) is 0 Å². The molecular weight excluding hydrogens is 287 g/mol. The van der Waals surface area contributed by atoms with Crippen LogP contribution in [-0.4, -0.2) is 26.0 Å². The van der Waals surface area contributed by atoms with E-state index >= 15 is 0 Å². The van der Waals surface area contributed by atoms with Crippen molar-refractivity contribution < 1.29 is 18.0 Å². The van der Waals surface area contributed by atoms with Crippen LogP contribution in [0.25, 0.3) is 0 Å². The van der Waals surface area contributed by atoms with E-state index in [1.807, 2.05) is 6.92 Å². The van der Waals surface area contributed by atoms with Crippen LogP contribution >= 0.6 is 0 Å². The number of nitrogens with two attached hydrogens (primary N) is 1. The molecule has 9 heteroatoms. The maximum absolute atomic E-state index is 13.7. The Morgan fingerprint density at radius 1 is 1.45 bits per heavy atom. The third kappa shape index (κ3) is 4.76. The van der Waals surface area contributed by atoms with Crippen molar-refractivity contribution in [3.05, 3.63) is 35.1 Å². The van der Waals surface area contributed by atoms with E-state index < -0.39 is 16.0 Å². The van der Waals surface area contributed by atoms with Gasteiger partial charge >= 0.3 is 0 Å². The number of oxime groups is 1. The van der Waals surface area contributed by atoms with E-state index in [0.717, 1.165) is 6.07 Å². The van der Waals surface area contributed by atoms with Gasteiger partial charge in [0.15, 0.2) is 5.84 Å². The molecule has 1 aromatic carbocycles. The van der Waals surface area contributed by atoms with Gasteiger partial charge in [0, 0.05) is 24.2 Å². The summed E-state index contributed by atoms with van der Waals surface area (Å²) in [6.07, 6.45) is 0.656. The highest BCUT2D eigenvalue weighted by atomic mass is 32.2. The number of nitrogens with zero attached hydrogens (tertiary/aromatic N) is 1. The average Bonchev–Trinajstić information content (AvgIpc) is 2.43. The van der Waals surface area contributed by atoms with Gasteiger partial charge in [0.25, 0.3) is 10.2 Å². The zero-order chi connectivity index (χ0) is 15.2. The second kappa shape index (κ2) is 7.17. The molecule has 0 radical (unpaired) electrons. The molecule has 112 valence electrons. The summed E-state index contributed by atoms with van der Waals surface area (Å²) >= 11 is 0. The quantitative estimate of drug-likeness (QED) is 0.250. The molecule has 0 atom stereocenters. The van der Waals surface area contributed by atoms with Gasteiger partial charge in [0.2, 0.25) is 0 Å². The van der Waals surface area contributed by atoms with Crippen molar-refractivity contribution >= 4 is 16.0 Å². The second-order valence-corrected chi connectivity index (χ2v) is 5.59. The highest BCUT2D eigenvalue weighted by Crippen LogP contribution is 2.10. The summed E-state index contributed by atoms with van der Waals surface area (Å²) in [4.78, 5) is 0. The monoisotopic (exact) mass is 304 g/mol. The van der Waals surface area contributed by atoms with Gasteiger partial charge in [0.05, 0.1) is 0 Å². The van der Waals surface area contributed by atoms with Gasteiger partial charge in [-0.2, -0.15) is 13.1 Å². The van der Waals surface area contributed by atoms with E-state index in [1.54, 1.807) is 0 Å². The van der Waals surface area contributed by atoms with Crippen LogP contribution in [-0.2, 0) is 16.8 Å². The first-order valence-electron chi connectivity index (χ1n) is 5.90. The first-order valence-corrected chi connectivity index (χ1v) is 7.38. The summed E-state index contributed by atoms with van der Waals surface area (Å²) in [5, 5.41) is 11.2. The standard InChI is InChI=1S/C11H17FN4O3S/c1-2-5-14-20(18,19)15-7-9-4-3-8(6-10(9)12)11(13)16-17/h3-4,6,14-15,17H,2,5,7H2,1H3,(H2,13,16). The molecule has 0 spiro atoms. The molecule has 0 bridgehead atoms. The molecule has 1 aromatic rings. The topological polar surface area (TPSA) is 117 Å². The van der Waals surface area contributed by atoms with Gasteiger partial charge in [-0.05, 0) is 12.5 Å². The fourth-order valence-corrected chi connectivity index (χ4v) is 2.29. The molecule has 20 heavy (non-hydrogen) atoms. The van der Waals surface area contributed by atoms with Crippen LogP contribution in [0.2, 0.25) is 0 Å². The van der Waals surface area contributed by atoms with Crippen LogP contribution in [0.1, 0.15) is 24.5 Å². The van der Waals surface area contributed by atoms with E-state index in [2.05, 4.69) is 14.6 Å². The largest absolute Gasteiger partial charge is 0.409 e. The molecule has 0 unspecified atom stereocenters. The Morgan fingerprint density at radius 2 is 2.15 bits per heavy atom. The molecule has 0 heterocycles. The molecule has 0 amide bonds. The van der Waals surface area contributed by atoms with Crippen molar-refractivity contribution in [1.82, 2.24) is 9.44 Å². The highest BCUT2D eigenvalue weighted by molar-refractivity contribution is 7.87. The van der Waals surface area contributed by atoms with Crippen LogP contribution in [0, 0.1) is 5.82 Å². The number of benzene rings is 1. The molecule has 0 fully saturated rings. The first-order chi connectivity index (χ1) is 9.39. The van der Waals surface area contributed by atoms with Crippen molar-refractivity contribution in [2.45, 2.75) is 19.9 Å². The van der Waals surface area contributed by atoms with Crippen LogP contribution in [0.4, 0.5) is 4.39 Å². The summed E-state index contributed by atoms with van der Waals surface area (Å²) in [5.41, 5.74) is 5.69. The number of hydrogen-bond acceptors (Lipinski definition) is 4. The minimum Gasteiger partial charge on any atom is -0.409 e. The Kier molecular flexibility index (Phi) is 5.86. The molecule has 0 aliphatic heterocycles. The minimum atomic E-state index is -3.64. The highest BCUT2D eigenvalue weighted by Gasteiger charge is 2.11. The molecule has 0 aliphatic carbocycles. The Labute approximate surface area is 116 Å². The molecule has 0 aromatic heterocycles. The number of rotatable bonds is 7. The lowest BCUT2D eigenvalue weighted by Crippen LogP contribution is -2.36. The van der Waals surface area contributed by atoms with Crippen LogP contribution in [0.5, 0.6) is 0 Å². The number of amidine groups is 1. The van der Waals surface area contributed by atoms with Gasteiger partial charge in [-0.25, -0.2) is 9.11 Å². The first kappa shape index (κ1) is 16.3. The van der Waals surface area contributed by atoms with Gasteiger partial charge in [0.1, 0.15) is 5.82 Å². The summed E-state index contributed by atoms with van der Waals surface area (Å²) in [6.45, 7) is 1.94. The molecule has 0 aliphatic rings. The minimum absolute atomic E-state index is 0.154. The molecule has 0 saturated heterocycles. The Morgan fingerprint density at radius 3 is 2.70 bits per heavy atom. The van der Waals surface area contributed by atoms with Crippen LogP contribution < -0.4 is 15.2 Å². The van der Waals surface area contributed by atoms with E-state index in [0.29, 0.717) is 13.0 Å². The van der Waals surface area contributed by atoms with E-state index in [9.17, 15) is 12.8 Å². The van der Waals surface area contributed by atoms with E-state index in [1.165, 1.54) is 12.1 Å². The normalized spacial score (nSPS) is 12.6. The summed E-state index contributed by atoms with van der Waals surface area (Å²) < 4.78 is 41.2. The van der Waals surface area contributed by atoms with Crippen molar-refractivity contribution in [3.8, 4) is 0 Å². The van der Waals surface area contributed by atoms with Crippen molar-refractivity contribution in [2.24, 2.45) is 10.9 Å². The third-order valence-corrected chi connectivity index (χ3v) is 3.56. The fraction of sp³-hybridized carbons (Fsp3) is 0.364. The summed E-state index contributed by atoms with van der Waals surface area (Å²) in [5.74, 6) is -0.868. The van der Waals surface area contributed by atoms with Crippen molar-refractivity contribution in [3.63, 3.8) is 0 Å². The lowest BCUT2D eigenvalue weighted by Gasteiger charge is -2.09. The summed E-state index contributed by atoms with van der Waals surface area (Å²) in [6, 6.07) is 3.87. The fourth-order valence-electron chi connectivity index (χ4n) is 1.37. The van der Waals surface area contributed by atoms with Gasteiger partial charge in [-0.1, -0.05) is 24.2 Å². The zero-order valence-corrected chi connectivity index (χ0v) is 11.7. The van der Waals surface area contributed by atoms with Crippen molar-refractivity contribution in [2.75, 3.05) is 6.54 Å². The molecular formula is C11H17FN4O3S. The van der Waals surface area contributed by atoms with Gasteiger partial charge < -0.3 is 10.9 Å². The SMILES string of the molecule is CCCNS(=O)(=O)NCc1ccc(/C(N)=N/O)cc1F. The van der Waals surface area contributed by atoms with E-state index in [4.69, 9.17) is 10.9 Å². The lowest BCUT2D eigenvalue weighted by atomic mass is 10.1. The molecule has 7 nitrogen and oxygen atoms in total. The predicted molar refractivity (Wildman–Crippen MR) is 73.0 cm³/mol. The van der Waals surface area contributed by atoms with Crippen molar-refractivity contribution in [1.29, 1.82) is 0 Å². The Hall–Kier alpha value is -1.71. The van der Waals surface area contributed by atoms with Gasteiger partial charge in [-0.15, -0.1) is 0 Å². The number of hydrogen-bond donors (Lipinski definition) is 4. The van der Waals surface area contributed by atoms with E-state index in [-0.39, 0.29) is 23.5 Å². The lowest BCUT2D eigenvalue weighted by molar-refractivity contribution is 0.318. The zero-order valence-electron chi connectivity index (χ0n) is 10.9. The molecule has 1 rings (SSSR count). The second-order valence-electron chi connectivity index (χ2n) is 4.01.